The molecule has 0 spiro atoms. The molecule has 0 radical (unpaired) electrons. The molecule has 1 saturated carbocycles. The van der Waals surface area contributed by atoms with Crippen molar-refractivity contribution in [3.63, 3.8) is 0 Å². The second-order valence-electron chi connectivity index (χ2n) is 4.94. The molecule has 1 amide bonds. The lowest BCUT2D eigenvalue weighted by Gasteiger charge is -2.28. The molecule has 0 aromatic carbocycles. The van der Waals surface area contributed by atoms with Gasteiger partial charge in [0.05, 0.1) is 5.92 Å². The molecule has 13 heavy (non-hydrogen) atoms. The highest BCUT2D eigenvalue weighted by atomic mass is 16.1. The Bertz CT molecular complexity index is 196. The Morgan fingerprint density at radius 3 is 2.46 bits per heavy atom. The highest BCUT2D eigenvalue weighted by Crippen LogP contribution is 2.26. The van der Waals surface area contributed by atoms with Crippen molar-refractivity contribution in [1.82, 2.24) is 5.32 Å². The first-order valence-electron chi connectivity index (χ1n) is 4.97. The Balaban J connectivity index is 2.54. The molecule has 76 valence electrons. The molecule has 0 aromatic heterocycles. The number of primary amides is 1. The molecule has 0 heterocycles. The molecule has 2 atom stereocenters. The third-order valence-corrected chi connectivity index (χ3v) is 2.50. The van der Waals surface area contributed by atoms with E-state index in [0.29, 0.717) is 0 Å². The van der Waals surface area contributed by atoms with Gasteiger partial charge in [0, 0.05) is 11.6 Å². The maximum Gasteiger partial charge on any atom is 0.222 e. The molecule has 0 saturated heterocycles. The maximum absolute atomic E-state index is 11.1. The van der Waals surface area contributed by atoms with E-state index in [1.165, 1.54) is 0 Å². The van der Waals surface area contributed by atoms with E-state index in [-0.39, 0.29) is 23.4 Å². The van der Waals surface area contributed by atoms with Crippen LogP contribution in [0.5, 0.6) is 0 Å². The predicted octanol–water partition coefficient (Wildman–Crippen LogP) is 1.03. The van der Waals surface area contributed by atoms with E-state index in [1.807, 2.05) is 0 Å². The number of hydrogen-bond donors (Lipinski definition) is 2. The standard InChI is InChI=1S/C10H20N2O/c1-10(2,3)12-8-6-4-5-7(8)9(11)13/h7-8,12H,4-6H2,1-3H3,(H2,11,13)/t7-,8-/m0/s1. The Morgan fingerprint density at radius 1 is 1.38 bits per heavy atom. The van der Waals surface area contributed by atoms with Gasteiger partial charge in [-0.1, -0.05) is 6.42 Å². The van der Waals surface area contributed by atoms with Gasteiger partial charge in [-0.15, -0.1) is 0 Å². The van der Waals surface area contributed by atoms with Crippen LogP contribution in [-0.4, -0.2) is 17.5 Å². The van der Waals surface area contributed by atoms with E-state index in [1.54, 1.807) is 0 Å². The monoisotopic (exact) mass is 184 g/mol. The van der Waals surface area contributed by atoms with Crippen molar-refractivity contribution < 1.29 is 4.79 Å². The summed E-state index contributed by atoms with van der Waals surface area (Å²) in [5.41, 5.74) is 5.40. The molecule has 3 N–H and O–H groups in total. The number of hydrogen-bond acceptors (Lipinski definition) is 2. The van der Waals surface area contributed by atoms with Crippen LogP contribution in [0.15, 0.2) is 0 Å². The summed E-state index contributed by atoms with van der Waals surface area (Å²) in [6.45, 7) is 6.34. The number of carbonyl (C=O) groups is 1. The van der Waals surface area contributed by atoms with Gasteiger partial charge in [-0.2, -0.15) is 0 Å². The second kappa shape index (κ2) is 3.66. The zero-order valence-corrected chi connectivity index (χ0v) is 8.76. The van der Waals surface area contributed by atoms with Gasteiger partial charge in [-0.25, -0.2) is 0 Å². The maximum atomic E-state index is 11.1. The van der Waals surface area contributed by atoms with Gasteiger partial charge in [0.1, 0.15) is 0 Å². The zero-order chi connectivity index (χ0) is 10.1. The summed E-state index contributed by atoms with van der Waals surface area (Å²) in [6, 6.07) is 0.289. The van der Waals surface area contributed by atoms with Crippen molar-refractivity contribution in [2.24, 2.45) is 11.7 Å². The van der Waals surface area contributed by atoms with E-state index in [9.17, 15) is 4.79 Å². The molecule has 1 rings (SSSR count). The molecule has 3 heteroatoms. The van der Waals surface area contributed by atoms with Crippen molar-refractivity contribution in [3.05, 3.63) is 0 Å². The quantitative estimate of drug-likeness (QED) is 0.673. The van der Waals surface area contributed by atoms with Crippen LogP contribution in [0.4, 0.5) is 0 Å². The van der Waals surface area contributed by atoms with Gasteiger partial charge in [0.2, 0.25) is 5.91 Å². The first-order chi connectivity index (χ1) is 5.90. The van der Waals surface area contributed by atoms with Gasteiger partial charge < -0.3 is 11.1 Å². The molecule has 0 bridgehead atoms. The summed E-state index contributed by atoms with van der Waals surface area (Å²) in [4.78, 5) is 11.1. The smallest absolute Gasteiger partial charge is 0.222 e. The van der Waals surface area contributed by atoms with Crippen LogP contribution in [-0.2, 0) is 4.79 Å². The Labute approximate surface area is 80.1 Å². The normalized spacial score (nSPS) is 29.2. The van der Waals surface area contributed by atoms with Gasteiger partial charge in [-0.05, 0) is 33.6 Å². The minimum atomic E-state index is -0.153. The van der Waals surface area contributed by atoms with Crippen molar-refractivity contribution in [2.45, 2.75) is 51.6 Å². The van der Waals surface area contributed by atoms with E-state index >= 15 is 0 Å². The molecule has 3 nitrogen and oxygen atoms in total. The third-order valence-electron chi connectivity index (χ3n) is 2.50. The van der Waals surface area contributed by atoms with Crippen molar-refractivity contribution in [1.29, 1.82) is 0 Å². The molecule has 1 aliphatic rings. The number of nitrogens with two attached hydrogens (primary N) is 1. The fraction of sp³-hybridized carbons (Fsp3) is 0.900. The average molecular weight is 184 g/mol. The largest absolute Gasteiger partial charge is 0.369 e. The first kappa shape index (κ1) is 10.5. The van der Waals surface area contributed by atoms with Crippen molar-refractivity contribution in [2.75, 3.05) is 0 Å². The number of carbonyl (C=O) groups excluding carboxylic acids is 1. The molecule has 1 fully saturated rings. The molecule has 0 aromatic rings. The highest BCUT2D eigenvalue weighted by Gasteiger charge is 2.33. The number of nitrogens with one attached hydrogen (secondary N) is 1. The minimum Gasteiger partial charge on any atom is -0.369 e. The lowest BCUT2D eigenvalue weighted by Crippen LogP contribution is -2.48. The Hall–Kier alpha value is -0.570. The Morgan fingerprint density at radius 2 is 2.00 bits per heavy atom. The van der Waals surface area contributed by atoms with Crippen LogP contribution in [0.1, 0.15) is 40.0 Å². The van der Waals surface area contributed by atoms with Crippen LogP contribution in [0.3, 0.4) is 0 Å². The van der Waals surface area contributed by atoms with Crippen LogP contribution < -0.4 is 11.1 Å². The topological polar surface area (TPSA) is 55.1 Å². The summed E-state index contributed by atoms with van der Waals surface area (Å²) in [5.74, 6) is -0.113. The SMILES string of the molecule is CC(C)(C)N[C@H]1CCC[C@@H]1C(N)=O. The van der Waals surface area contributed by atoms with E-state index in [2.05, 4.69) is 26.1 Å². The van der Waals surface area contributed by atoms with Crippen LogP contribution >= 0.6 is 0 Å². The minimum absolute atomic E-state index is 0.0409. The van der Waals surface area contributed by atoms with E-state index in [0.717, 1.165) is 19.3 Å². The Kier molecular flexibility index (Phi) is 2.96. The van der Waals surface area contributed by atoms with Gasteiger partial charge in [0.25, 0.3) is 0 Å². The molecular weight excluding hydrogens is 164 g/mol. The average Bonchev–Trinajstić information content (AvgIpc) is 2.31. The van der Waals surface area contributed by atoms with Crippen LogP contribution in [0.2, 0.25) is 0 Å². The van der Waals surface area contributed by atoms with Crippen LogP contribution in [0, 0.1) is 5.92 Å². The number of rotatable bonds is 2. The van der Waals surface area contributed by atoms with Crippen molar-refractivity contribution in [3.8, 4) is 0 Å². The summed E-state index contributed by atoms with van der Waals surface area (Å²) < 4.78 is 0. The van der Waals surface area contributed by atoms with Gasteiger partial charge in [0.15, 0.2) is 0 Å². The fourth-order valence-electron chi connectivity index (χ4n) is 2.03. The summed E-state index contributed by atoms with van der Waals surface area (Å²) in [7, 11) is 0. The van der Waals surface area contributed by atoms with Gasteiger partial charge >= 0.3 is 0 Å². The zero-order valence-electron chi connectivity index (χ0n) is 8.76. The van der Waals surface area contributed by atoms with Crippen LogP contribution in [0.25, 0.3) is 0 Å². The predicted molar refractivity (Wildman–Crippen MR) is 53.2 cm³/mol. The molecular formula is C10H20N2O. The van der Waals surface area contributed by atoms with E-state index < -0.39 is 0 Å². The fourth-order valence-corrected chi connectivity index (χ4v) is 2.03. The number of amides is 1. The summed E-state index contributed by atoms with van der Waals surface area (Å²) in [6.07, 6.45) is 3.13. The molecule has 1 aliphatic carbocycles. The third kappa shape index (κ3) is 2.99. The second-order valence-corrected chi connectivity index (χ2v) is 4.94. The highest BCUT2D eigenvalue weighted by molar-refractivity contribution is 5.77. The van der Waals surface area contributed by atoms with Crippen molar-refractivity contribution >= 4 is 5.91 Å². The lowest BCUT2D eigenvalue weighted by molar-refractivity contribution is -0.122. The first-order valence-corrected chi connectivity index (χ1v) is 4.97. The van der Waals surface area contributed by atoms with Gasteiger partial charge in [-0.3, -0.25) is 4.79 Å². The summed E-state index contributed by atoms with van der Waals surface area (Å²) >= 11 is 0. The lowest BCUT2D eigenvalue weighted by atomic mass is 9.99. The molecule has 0 unspecified atom stereocenters. The van der Waals surface area contributed by atoms with E-state index in [4.69, 9.17) is 5.73 Å². The molecule has 0 aliphatic heterocycles. The summed E-state index contributed by atoms with van der Waals surface area (Å²) in [5, 5.41) is 3.45.